The standard InChI is InChI=1S/C16H15N5O4S/c1-26(24,25)7-2-3-10-9(6-7)11-8(12-15(23)21-16(17)20-12)4-5-18-14(22)13(11)19-10/h2-3,6,19H,4-5H2,1H3,(H,18,22)(H3,17,20,21,23)/b12-8-. The van der Waals surface area contributed by atoms with Crippen molar-refractivity contribution in [2.45, 2.75) is 11.3 Å². The lowest BCUT2D eigenvalue weighted by Crippen LogP contribution is -2.26. The van der Waals surface area contributed by atoms with E-state index in [1.807, 2.05) is 0 Å². The SMILES string of the molecule is CS(=O)(=O)c1ccc2[nH]c3c(c2c1)/C(=C1\NC(N)=NC1=O)CCNC3=O. The fourth-order valence-electron chi connectivity index (χ4n) is 3.23. The van der Waals surface area contributed by atoms with Crippen LogP contribution in [0.25, 0.3) is 16.5 Å². The molecule has 134 valence electrons. The summed E-state index contributed by atoms with van der Waals surface area (Å²) in [4.78, 5) is 31.4. The molecule has 4 rings (SSSR count). The highest BCUT2D eigenvalue weighted by atomic mass is 32.2. The van der Waals surface area contributed by atoms with Crippen molar-refractivity contribution in [1.82, 2.24) is 15.6 Å². The Morgan fingerprint density at radius 1 is 1.23 bits per heavy atom. The normalized spacial score (nSPS) is 20.4. The quantitative estimate of drug-likeness (QED) is 0.512. The molecule has 9 nitrogen and oxygen atoms in total. The number of fused-ring (bicyclic) bond motifs is 3. The third-order valence-corrected chi connectivity index (χ3v) is 5.49. The summed E-state index contributed by atoms with van der Waals surface area (Å²) in [6.07, 6.45) is 1.48. The van der Waals surface area contributed by atoms with Gasteiger partial charge in [-0.25, -0.2) is 8.42 Å². The maximum Gasteiger partial charge on any atom is 0.296 e. The van der Waals surface area contributed by atoms with Crippen LogP contribution in [0.3, 0.4) is 0 Å². The summed E-state index contributed by atoms with van der Waals surface area (Å²) in [7, 11) is -3.43. The maximum atomic E-state index is 12.4. The van der Waals surface area contributed by atoms with Crippen LogP contribution >= 0.6 is 0 Å². The van der Waals surface area contributed by atoms with Crippen molar-refractivity contribution < 1.29 is 18.0 Å². The van der Waals surface area contributed by atoms with Crippen LogP contribution in [0.4, 0.5) is 0 Å². The molecule has 0 atom stereocenters. The number of nitrogens with zero attached hydrogens (tertiary/aromatic N) is 1. The van der Waals surface area contributed by atoms with Gasteiger partial charge in [0.2, 0.25) is 5.96 Å². The first-order valence-corrected chi connectivity index (χ1v) is 9.68. The first kappa shape index (κ1) is 16.3. The molecule has 0 saturated heterocycles. The first-order chi connectivity index (χ1) is 12.3. The lowest BCUT2D eigenvalue weighted by molar-refractivity contribution is -0.114. The lowest BCUT2D eigenvalue weighted by atomic mass is 9.97. The van der Waals surface area contributed by atoms with E-state index >= 15 is 0 Å². The molecule has 5 N–H and O–H groups in total. The Morgan fingerprint density at radius 3 is 2.65 bits per heavy atom. The number of carbonyl (C=O) groups is 2. The predicted molar refractivity (Wildman–Crippen MR) is 95.0 cm³/mol. The van der Waals surface area contributed by atoms with E-state index in [0.29, 0.717) is 35.0 Å². The van der Waals surface area contributed by atoms with Gasteiger partial charge >= 0.3 is 0 Å². The van der Waals surface area contributed by atoms with E-state index in [4.69, 9.17) is 5.73 Å². The highest BCUT2D eigenvalue weighted by molar-refractivity contribution is 7.90. The van der Waals surface area contributed by atoms with Gasteiger partial charge in [-0.05, 0) is 30.2 Å². The Morgan fingerprint density at radius 2 is 2.00 bits per heavy atom. The van der Waals surface area contributed by atoms with Crippen molar-refractivity contribution in [3.63, 3.8) is 0 Å². The monoisotopic (exact) mass is 373 g/mol. The largest absolute Gasteiger partial charge is 0.369 e. The van der Waals surface area contributed by atoms with Gasteiger partial charge in [0.15, 0.2) is 9.84 Å². The van der Waals surface area contributed by atoms with Gasteiger partial charge in [-0.15, -0.1) is 0 Å². The number of H-pyrrole nitrogens is 1. The summed E-state index contributed by atoms with van der Waals surface area (Å²) in [5.41, 5.74) is 7.70. The second-order valence-corrected chi connectivity index (χ2v) is 8.16. The molecule has 0 fully saturated rings. The van der Waals surface area contributed by atoms with E-state index in [9.17, 15) is 18.0 Å². The van der Waals surface area contributed by atoms with Crippen molar-refractivity contribution in [1.29, 1.82) is 0 Å². The molecule has 0 saturated carbocycles. The summed E-state index contributed by atoms with van der Waals surface area (Å²) in [6, 6.07) is 4.58. The van der Waals surface area contributed by atoms with E-state index in [2.05, 4.69) is 20.6 Å². The highest BCUT2D eigenvalue weighted by Crippen LogP contribution is 2.35. The van der Waals surface area contributed by atoms with E-state index in [1.54, 1.807) is 6.07 Å². The first-order valence-electron chi connectivity index (χ1n) is 7.78. The number of amides is 2. The molecule has 3 heterocycles. The van der Waals surface area contributed by atoms with E-state index in [-0.39, 0.29) is 28.2 Å². The van der Waals surface area contributed by atoms with E-state index in [1.165, 1.54) is 12.1 Å². The maximum absolute atomic E-state index is 12.4. The molecule has 0 radical (unpaired) electrons. The van der Waals surface area contributed by atoms with Gasteiger partial charge in [-0.2, -0.15) is 4.99 Å². The number of nitrogens with two attached hydrogens (primary N) is 1. The number of aliphatic imine (C=N–C) groups is 1. The van der Waals surface area contributed by atoms with Crippen molar-refractivity contribution >= 4 is 44.1 Å². The summed E-state index contributed by atoms with van der Waals surface area (Å²) < 4.78 is 23.9. The number of sulfone groups is 1. The molecule has 2 aliphatic heterocycles. The molecule has 2 aliphatic rings. The molecule has 2 aromatic rings. The number of hydrogen-bond acceptors (Lipinski definition) is 6. The fourth-order valence-corrected chi connectivity index (χ4v) is 3.88. The van der Waals surface area contributed by atoms with Gasteiger partial charge in [0.1, 0.15) is 11.4 Å². The Balaban J connectivity index is 2.06. The zero-order valence-electron chi connectivity index (χ0n) is 13.7. The minimum Gasteiger partial charge on any atom is -0.369 e. The zero-order chi connectivity index (χ0) is 18.6. The minimum absolute atomic E-state index is 0.0146. The van der Waals surface area contributed by atoms with Crippen molar-refractivity contribution in [3.05, 3.63) is 35.2 Å². The van der Waals surface area contributed by atoms with Gasteiger partial charge in [0.05, 0.1) is 4.90 Å². The van der Waals surface area contributed by atoms with Crippen LogP contribution < -0.4 is 16.4 Å². The lowest BCUT2D eigenvalue weighted by Gasteiger charge is -2.09. The number of hydrogen-bond donors (Lipinski definition) is 4. The smallest absolute Gasteiger partial charge is 0.296 e. The molecule has 2 amide bonds. The number of nitrogens with one attached hydrogen (secondary N) is 3. The van der Waals surface area contributed by atoms with Gasteiger partial charge < -0.3 is 21.4 Å². The van der Waals surface area contributed by atoms with Gasteiger partial charge in [0.25, 0.3) is 11.8 Å². The van der Waals surface area contributed by atoms with Crippen molar-refractivity contribution in [2.75, 3.05) is 12.8 Å². The highest BCUT2D eigenvalue weighted by Gasteiger charge is 2.30. The Kier molecular flexibility index (Phi) is 3.41. The average molecular weight is 373 g/mol. The molecular formula is C16H15N5O4S. The number of benzene rings is 1. The molecule has 1 aromatic heterocycles. The third-order valence-electron chi connectivity index (χ3n) is 4.38. The fraction of sp³-hybridized carbons (Fsp3) is 0.188. The molecule has 0 aliphatic carbocycles. The minimum atomic E-state index is -3.43. The summed E-state index contributed by atoms with van der Waals surface area (Å²) in [6.45, 7) is 0.322. The third kappa shape index (κ3) is 2.46. The van der Waals surface area contributed by atoms with Crippen LogP contribution in [0.2, 0.25) is 0 Å². The predicted octanol–water partition coefficient (Wildman–Crippen LogP) is -0.139. The summed E-state index contributed by atoms with van der Waals surface area (Å²) in [5.74, 6) is -0.863. The van der Waals surface area contributed by atoms with E-state index < -0.39 is 15.7 Å². The molecule has 0 spiro atoms. The average Bonchev–Trinajstić information content (AvgIpc) is 3.05. The van der Waals surface area contributed by atoms with Gasteiger partial charge in [-0.3, -0.25) is 9.59 Å². The number of aromatic amines is 1. The Hall–Kier alpha value is -3.14. The Labute approximate surface area is 148 Å². The van der Waals surface area contributed by atoms with Crippen LogP contribution in [0, 0.1) is 0 Å². The molecule has 10 heteroatoms. The number of guanidine groups is 1. The second kappa shape index (κ2) is 5.43. The summed E-state index contributed by atoms with van der Waals surface area (Å²) in [5, 5.41) is 6.04. The van der Waals surface area contributed by atoms with Crippen molar-refractivity contribution in [2.24, 2.45) is 10.7 Å². The van der Waals surface area contributed by atoms with Gasteiger partial charge in [-0.1, -0.05) is 0 Å². The van der Waals surface area contributed by atoms with Gasteiger partial charge in [0, 0.05) is 29.3 Å². The van der Waals surface area contributed by atoms with Crippen LogP contribution in [0.5, 0.6) is 0 Å². The zero-order valence-corrected chi connectivity index (χ0v) is 14.5. The molecule has 0 bridgehead atoms. The molecular weight excluding hydrogens is 358 g/mol. The van der Waals surface area contributed by atoms with Crippen LogP contribution in [-0.4, -0.2) is 44.0 Å². The number of carbonyl (C=O) groups excluding carboxylic acids is 2. The Bertz CT molecular complexity index is 1160. The molecule has 0 unspecified atom stereocenters. The molecule has 26 heavy (non-hydrogen) atoms. The van der Waals surface area contributed by atoms with Crippen molar-refractivity contribution in [3.8, 4) is 0 Å². The summed E-state index contributed by atoms with van der Waals surface area (Å²) >= 11 is 0. The van der Waals surface area contributed by atoms with E-state index in [0.717, 1.165) is 6.26 Å². The molecule has 1 aromatic carbocycles. The van der Waals surface area contributed by atoms with Crippen LogP contribution in [0.1, 0.15) is 22.5 Å². The number of aromatic nitrogens is 1. The van der Waals surface area contributed by atoms with Crippen LogP contribution in [-0.2, 0) is 14.6 Å². The topological polar surface area (TPSA) is 147 Å². The number of rotatable bonds is 1. The van der Waals surface area contributed by atoms with Crippen LogP contribution in [0.15, 0.2) is 33.8 Å². The second-order valence-electron chi connectivity index (χ2n) is 6.14.